The van der Waals surface area contributed by atoms with Crippen molar-refractivity contribution in [2.75, 3.05) is 13.2 Å². The molecule has 0 saturated carbocycles. The Bertz CT molecular complexity index is 479. The molecule has 1 heterocycles. The molecule has 1 fully saturated rings. The van der Waals surface area contributed by atoms with Gasteiger partial charge in [0, 0.05) is 12.8 Å². The predicted molar refractivity (Wildman–Crippen MR) is 72.9 cm³/mol. The standard InChI is InChI=1S/C13H18N2O8/c16-7-22-5-3-8-12(20)15-9(13(21)14-8)4-6-23-11(19)2-1-10(17)18/h7-9H,1-6H2,(H,14,21)(H,15,20)(H,17,18)/t8-,9-/m1/s1. The van der Waals surface area contributed by atoms with Gasteiger partial charge in [-0.05, 0) is 0 Å². The molecule has 1 saturated heterocycles. The van der Waals surface area contributed by atoms with Crippen LogP contribution in [0.25, 0.3) is 0 Å². The SMILES string of the molecule is O=COCC[C@H]1NC(=O)[C@@H](CCOC(=O)CCC(=O)O)NC1=O. The van der Waals surface area contributed by atoms with Crippen LogP contribution in [0.4, 0.5) is 0 Å². The first-order valence-corrected chi connectivity index (χ1v) is 6.97. The van der Waals surface area contributed by atoms with Crippen LogP contribution in [-0.4, -0.2) is 60.6 Å². The third-order valence-electron chi connectivity index (χ3n) is 3.07. The molecule has 1 aliphatic heterocycles. The van der Waals surface area contributed by atoms with Gasteiger partial charge in [-0.2, -0.15) is 0 Å². The summed E-state index contributed by atoms with van der Waals surface area (Å²) < 4.78 is 9.26. The molecule has 1 aliphatic rings. The molecule has 0 bridgehead atoms. The van der Waals surface area contributed by atoms with Crippen LogP contribution in [0.2, 0.25) is 0 Å². The highest BCUT2D eigenvalue weighted by atomic mass is 16.5. The number of carboxylic acid groups (broad SMARTS) is 1. The molecule has 0 aromatic rings. The van der Waals surface area contributed by atoms with E-state index in [0.717, 1.165) is 0 Å². The van der Waals surface area contributed by atoms with Crippen molar-refractivity contribution in [1.82, 2.24) is 10.6 Å². The number of ether oxygens (including phenoxy) is 2. The first-order valence-electron chi connectivity index (χ1n) is 6.97. The molecule has 1 rings (SSSR count). The topological polar surface area (TPSA) is 148 Å². The number of hydrogen-bond donors (Lipinski definition) is 3. The monoisotopic (exact) mass is 330 g/mol. The predicted octanol–water partition coefficient (Wildman–Crippen LogP) is -1.67. The Hall–Kier alpha value is -2.65. The molecule has 10 nitrogen and oxygen atoms in total. The second-order valence-corrected chi connectivity index (χ2v) is 4.78. The number of rotatable bonds is 10. The number of esters is 1. The molecule has 2 amide bonds. The second-order valence-electron chi connectivity index (χ2n) is 4.78. The highest BCUT2D eigenvalue weighted by Gasteiger charge is 2.33. The molecule has 0 unspecified atom stereocenters. The van der Waals surface area contributed by atoms with E-state index in [1.165, 1.54) is 0 Å². The summed E-state index contributed by atoms with van der Waals surface area (Å²) in [7, 11) is 0. The van der Waals surface area contributed by atoms with E-state index in [9.17, 15) is 24.0 Å². The summed E-state index contributed by atoms with van der Waals surface area (Å²) in [6.45, 7) is 0.146. The quantitative estimate of drug-likeness (QED) is 0.245. The Balaban J connectivity index is 2.29. The lowest BCUT2D eigenvalue weighted by atomic mass is 10.1. The number of carbonyl (C=O) groups is 5. The Morgan fingerprint density at radius 2 is 1.61 bits per heavy atom. The van der Waals surface area contributed by atoms with Crippen molar-refractivity contribution in [3.63, 3.8) is 0 Å². The average Bonchev–Trinajstić information content (AvgIpc) is 2.49. The van der Waals surface area contributed by atoms with Gasteiger partial charge >= 0.3 is 11.9 Å². The fourth-order valence-electron chi connectivity index (χ4n) is 1.89. The molecule has 2 atom stereocenters. The molecule has 0 radical (unpaired) electrons. The van der Waals surface area contributed by atoms with Crippen LogP contribution in [0.15, 0.2) is 0 Å². The lowest BCUT2D eigenvalue weighted by molar-refractivity contribution is -0.148. The van der Waals surface area contributed by atoms with Crippen molar-refractivity contribution in [3.8, 4) is 0 Å². The summed E-state index contributed by atoms with van der Waals surface area (Å²) in [6, 6.07) is -1.62. The molecular weight excluding hydrogens is 312 g/mol. The Kier molecular flexibility index (Phi) is 7.51. The molecular formula is C13H18N2O8. The zero-order valence-corrected chi connectivity index (χ0v) is 12.3. The Morgan fingerprint density at radius 3 is 2.13 bits per heavy atom. The van der Waals surface area contributed by atoms with Crippen molar-refractivity contribution in [2.24, 2.45) is 0 Å². The van der Waals surface area contributed by atoms with Gasteiger partial charge in [0.25, 0.3) is 6.47 Å². The largest absolute Gasteiger partial charge is 0.481 e. The maximum atomic E-state index is 11.8. The van der Waals surface area contributed by atoms with Gasteiger partial charge in [-0.25, -0.2) is 0 Å². The highest BCUT2D eigenvalue weighted by Crippen LogP contribution is 2.05. The third-order valence-corrected chi connectivity index (χ3v) is 3.07. The Morgan fingerprint density at radius 1 is 1.04 bits per heavy atom. The summed E-state index contributed by atoms with van der Waals surface area (Å²) in [5, 5.41) is 13.4. The van der Waals surface area contributed by atoms with Crippen LogP contribution in [-0.2, 0) is 33.4 Å². The summed E-state index contributed by atoms with van der Waals surface area (Å²) >= 11 is 0. The first kappa shape index (κ1) is 18.4. The van der Waals surface area contributed by atoms with Crippen LogP contribution in [0.3, 0.4) is 0 Å². The van der Waals surface area contributed by atoms with Crippen LogP contribution in [0, 0.1) is 0 Å². The maximum Gasteiger partial charge on any atom is 0.306 e. The molecule has 3 N–H and O–H groups in total. The smallest absolute Gasteiger partial charge is 0.306 e. The van der Waals surface area contributed by atoms with E-state index in [1.807, 2.05) is 0 Å². The van der Waals surface area contributed by atoms with Crippen molar-refractivity contribution in [1.29, 1.82) is 0 Å². The average molecular weight is 330 g/mol. The van der Waals surface area contributed by atoms with Gasteiger partial charge < -0.3 is 25.2 Å². The normalized spacial score (nSPS) is 20.2. The first-order chi connectivity index (χ1) is 10.9. The lowest BCUT2D eigenvalue weighted by Gasteiger charge is -2.29. The summed E-state index contributed by atoms with van der Waals surface area (Å²) in [5.74, 6) is -2.63. The molecule has 0 spiro atoms. The van der Waals surface area contributed by atoms with Crippen LogP contribution in [0.1, 0.15) is 25.7 Å². The Labute approximate surface area is 131 Å². The minimum atomic E-state index is -1.11. The van der Waals surface area contributed by atoms with E-state index in [-0.39, 0.29) is 45.4 Å². The van der Waals surface area contributed by atoms with Crippen molar-refractivity contribution < 1.29 is 38.6 Å². The maximum absolute atomic E-state index is 11.8. The van der Waals surface area contributed by atoms with E-state index in [2.05, 4.69) is 15.4 Å². The number of carbonyl (C=O) groups excluding carboxylic acids is 4. The number of nitrogens with one attached hydrogen (secondary N) is 2. The van der Waals surface area contributed by atoms with Gasteiger partial charge in [-0.3, -0.25) is 24.0 Å². The van der Waals surface area contributed by atoms with Crippen LogP contribution >= 0.6 is 0 Å². The van der Waals surface area contributed by atoms with Gasteiger partial charge in [0.05, 0.1) is 26.1 Å². The van der Waals surface area contributed by atoms with E-state index < -0.39 is 35.8 Å². The van der Waals surface area contributed by atoms with Gasteiger partial charge in [-0.1, -0.05) is 0 Å². The second kappa shape index (κ2) is 9.38. The summed E-state index contributed by atoms with van der Waals surface area (Å²) in [5.41, 5.74) is 0. The van der Waals surface area contributed by atoms with Gasteiger partial charge in [0.1, 0.15) is 12.1 Å². The molecule has 0 aliphatic carbocycles. The molecule has 128 valence electrons. The van der Waals surface area contributed by atoms with E-state index >= 15 is 0 Å². The summed E-state index contributed by atoms with van der Waals surface area (Å²) in [6.07, 6.45) is -0.345. The third kappa shape index (κ3) is 6.76. The number of piperazine rings is 1. The summed E-state index contributed by atoms with van der Waals surface area (Å²) in [4.78, 5) is 55.1. The highest BCUT2D eigenvalue weighted by molar-refractivity contribution is 5.96. The van der Waals surface area contributed by atoms with Gasteiger partial charge in [0.2, 0.25) is 11.8 Å². The van der Waals surface area contributed by atoms with Crippen molar-refractivity contribution >= 4 is 30.2 Å². The number of hydrogen-bond acceptors (Lipinski definition) is 7. The van der Waals surface area contributed by atoms with E-state index in [0.29, 0.717) is 0 Å². The molecule has 0 aromatic carbocycles. The molecule has 0 aromatic heterocycles. The zero-order valence-electron chi connectivity index (χ0n) is 12.3. The number of aliphatic carboxylic acids is 1. The van der Waals surface area contributed by atoms with E-state index in [4.69, 9.17) is 9.84 Å². The minimum Gasteiger partial charge on any atom is -0.481 e. The molecule has 10 heteroatoms. The number of carboxylic acids is 1. The van der Waals surface area contributed by atoms with Gasteiger partial charge in [0.15, 0.2) is 0 Å². The van der Waals surface area contributed by atoms with Crippen molar-refractivity contribution in [2.45, 2.75) is 37.8 Å². The van der Waals surface area contributed by atoms with Crippen molar-refractivity contribution in [3.05, 3.63) is 0 Å². The lowest BCUT2D eigenvalue weighted by Crippen LogP contribution is -2.62. The fourth-order valence-corrected chi connectivity index (χ4v) is 1.89. The molecule has 23 heavy (non-hydrogen) atoms. The van der Waals surface area contributed by atoms with Crippen LogP contribution in [0.5, 0.6) is 0 Å². The number of amides is 2. The van der Waals surface area contributed by atoms with E-state index in [1.54, 1.807) is 0 Å². The van der Waals surface area contributed by atoms with Crippen LogP contribution < -0.4 is 10.6 Å². The van der Waals surface area contributed by atoms with Gasteiger partial charge in [-0.15, -0.1) is 0 Å². The zero-order chi connectivity index (χ0) is 17.2. The minimum absolute atomic E-state index is 0.00766. The fraction of sp³-hybridized carbons (Fsp3) is 0.615.